The second-order valence-corrected chi connectivity index (χ2v) is 6.99. The molecule has 1 saturated heterocycles. The van der Waals surface area contributed by atoms with E-state index in [1.165, 1.54) is 15.5 Å². The first-order valence-corrected chi connectivity index (χ1v) is 9.16. The van der Waals surface area contributed by atoms with Crippen molar-refractivity contribution in [3.63, 3.8) is 0 Å². The van der Waals surface area contributed by atoms with Crippen molar-refractivity contribution in [3.8, 4) is 0 Å². The van der Waals surface area contributed by atoms with E-state index < -0.39 is 0 Å². The molecule has 1 aliphatic heterocycles. The predicted molar refractivity (Wildman–Crippen MR) is 103 cm³/mol. The number of benzene rings is 1. The van der Waals surface area contributed by atoms with E-state index in [4.69, 9.17) is 0 Å². The van der Waals surface area contributed by atoms with E-state index >= 15 is 0 Å². The van der Waals surface area contributed by atoms with Crippen LogP contribution in [-0.2, 0) is 11.3 Å². The van der Waals surface area contributed by atoms with Crippen LogP contribution in [0.15, 0.2) is 47.5 Å². The van der Waals surface area contributed by atoms with Gasteiger partial charge in [-0.1, -0.05) is 25.1 Å². The molecule has 140 valence electrons. The summed E-state index contributed by atoms with van der Waals surface area (Å²) in [6, 6.07) is 9.14. The van der Waals surface area contributed by atoms with E-state index in [0.717, 1.165) is 19.5 Å². The minimum absolute atomic E-state index is 0.148. The van der Waals surface area contributed by atoms with Crippen LogP contribution >= 0.6 is 0 Å². The van der Waals surface area contributed by atoms with Gasteiger partial charge in [-0.05, 0) is 30.9 Å². The number of piperidine rings is 1. The maximum absolute atomic E-state index is 12.7. The second kappa shape index (κ2) is 7.22. The molecular weight excluding hydrogens is 344 g/mol. The molecule has 3 heterocycles. The lowest BCUT2D eigenvalue weighted by Crippen LogP contribution is -2.35. The molecule has 1 aliphatic rings. The SMILES string of the molecule is C[C@@H]1CCCN(c2nccn3c(=O)n(CC(=O)Nc4ccccc4)nc23)C1. The van der Waals surface area contributed by atoms with Gasteiger partial charge in [0.15, 0.2) is 5.82 Å². The Morgan fingerprint density at radius 3 is 2.89 bits per heavy atom. The van der Waals surface area contributed by atoms with E-state index in [1.54, 1.807) is 24.5 Å². The molecule has 0 unspecified atom stereocenters. The second-order valence-electron chi connectivity index (χ2n) is 6.99. The molecule has 1 aromatic carbocycles. The van der Waals surface area contributed by atoms with Gasteiger partial charge in [0, 0.05) is 31.2 Å². The standard InChI is InChI=1S/C19H22N6O2/c1-14-6-5-10-23(12-14)17-18-22-25(19(27)24(18)11-9-20-17)13-16(26)21-15-7-3-2-4-8-15/h2-4,7-9,11,14H,5-6,10,12-13H2,1H3,(H,21,26)/t14-/m1/s1. The first-order valence-electron chi connectivity index (χ1n) is 9.16. The van der Waals surface area contributed by atoms with Crippen molar-refractivity contribution in [2.75, 3.05) is 23.3 Å². The minimum atomic E-state index is -0.345. The number of anilines is 2. The Labute approximate surface area is 156 Å². The van der Waals surface area contributed by atoms with Crippen LogP contribution in [0.25, 0.3) is 5.65 Å². The van der Waals surface area contributed by atoms with Crippen LogP contribution in [0, 0.1) is 5.92 Å². The maximum Gasteiger partial charge on any atom is 0.350 e. The molecule has 4 rings (SSSR count). The highest BCUT2D eigenvalue weighted by Crippen LogP contribution is 2.23. The molecule has 1 fully saturated rings. The number of nitrogens with zero attached hydrogens (tertiary/aromatic N) is 5. The number of nitrogens with one attached hydrogen (secondary N) is 1. The van der Waals surface area contributed by atoms with Gasteiger partial charge in [-0.15, -0.1) is 5.10 Å². The number of carbonyl (C=O) groups excluding carboxylic acids is 1. The smallest absolute Gasteiger partial charge is 0.350 e. The van der Waals surface area contributed by atoms with Crippen molar-refractivity contribution < 1.29 is 4.79 Å². The van der Waals surface area contributed by atoms with Crippen molar-refractivity contribution in [2.24, 2.45) is 5.92 Å². The van der Waals surface area contributed by atoms with Gasteiger partial charge in [0.2, 0.25) is 11.6 Å². The van der Waals surface area contributed by atoms with Crippen LogP contribution in [0.5, 0.6) is 0 Å². The summed E-state index contributed by atoms with van der Waals surface area (Å²) in [4.78, 5) is 31.6. The largest absolute Gasteiger partial charge is 0.353 e. The third-order valence-corrected chi connectivity index (χ3v) is 4.79. The Hall–Kier alpha value is -3.16. The topological polar surface area (TPSA) is 84.5 Å². The van der Waals surface area contributed by atoms with Crippen molar-refractivity contribution in [3.05, 3.63) is 53.2 Å². The van der Waals surface area contributed by atoms with Crippen LogP contribution in [0.3, 0.4) is 0 Å². The average molecular weight is 366 g/mol. The molecule has 27 heavy (non-hydrogen) atoms. The lowest BCUT2D eigenvalue weighted by Gasteiger charge is -2.31. The summed E-state index contributed by atoms with van der Waals surface area (Å²) in [5, 5.41) is 7.17. The molecule has 0 spiro atoms. The van der Waals surface area contributed by atoms with Crippen LogP contribution in [0.4, 0.5) is 11.5 Å². The fourth-order valence-corrected chi connectivity index (χ4v) is 3.50. The van der Waals surface area contributed by atoms with Gasteiger partial charge >= 0.3 is 5.69 Å². The zero-order valence-electron chi connectivity index (χ0n) is 15.2. The lowest BCUT2D eigenvalue weighted by atomic mass is 10.0. The van der Waals surface area contributed by atoms with Gasteiger partial charge in [-0.3, -0.25) is 4.79 Å². The summed E-state index contributed by atoms with van der Waals surface area (Å²) in [6.07, 6.45) is 5.49. The Bertz CT molecular complexity index is 1010. The summed E-state index contributed by atoms with van der Waals surface area (Å²) in [6.45, 7) is 3.85. The van der Waals surface area contributed by atoms with Crippen LogP contribution in [0.2, 0.25) is 0 Å². The molecule has 0 bridgehead atoms. The first-order chi connectivity index (χ1) is 13.1. The molecule has 8 nitrogen and oxygen atoms in total. The highest BCUT2D eigenvalue weighted by atomic mass is 16.2. The van der Waals surface area contributed by atoms with Crippen LogP contribution in [-0.4, -0.2) is 38.2 Å². The molecule has 1 N–H and O–H groups in total. The Morgan fingerprint density at radius 1 is 1.30 bits per heavy atom. The van der Waals surface area contributed by atoms with Gasteiger partial charge in [-0.25, -0.2) is 18.9 Å². The summed E-state index contributed by atoms with van der Waals surface area (Å²) < 4.78 is 2.64. The number of carbonyl (C=O) groups is 1. The molecule has 1 amide bonds. The average Bonchev–Trinajstić information content (AvgIpc) is 2.98. The molecule has 3 aromatic rings. The van der Waals surface area contributed by atoms with Gasteiger partial charge < -0.3 is 10.2 Å². The number of aromatic nitrogens is 4. The van der Waals surface area contributed by atoms with Gasteiger partial charge in [0.1, 0.15) is 6.54 Å². The molecule has 0 saturated carbocycles. The maximum atomic E-state index is 12.7. The Kier molecular flexibility index (Phi) is 4.62. The monoisotopic (exact) mass is 366 g/mol. The molecule has 0 radical (unpaired) electrons. The fraction of sp³-hybridized carbons (Fsp3) is 0.368. The molecule has 0 aliphatic carbocycles. The first kappa shape index (κ1) is 17.3. The number of para-hydroxylation sites is 1. The molecule has 2 aromatic heterocycles. The minimum Gasteiger partial charge on any atom is -0.353 e. The van der Waals surface area contributed by atoms with E-state index in [0.29, 0.717) is 23.1 Å². The highest BCUT2D eigenvalue weighted by molar-refractivity contribution is 5.90. The zero-order valence-corrected chi connectivity index (χ0v) is 15.2. The number of hydrogen-bond donors (Lipinski definition) is 1. The van der Waals surface area contributed by atoms with Gasteiger partial charge in [-0.2, -0.15) is 0 Å². The van der Waals surface area contributed by atoms with E-state index in [1.807, 2.05) is 18.2 Å². The predicted octanol–water partition coefficient (Wildman–Crippen LogP) is 1.77. The van der Waals surface area contributed by atoms with Crippen molar-refractivity contribution in [1.82, 2.24) is 19.2 Å². The fourth-order valence-electron chi connectivity index (χ4n) is 3.50. The van der Waals surface area contributed by atoms with Crippen LogP contribution in [0.1, 0.15) is 19.8 Å². The number of rotatable bonds is 4. The summed E-state index contributed by atoms with van der Waals surface area (Å²) in [7, 11) is 0. The van der Waals surface area contributed by atoms with Crippen molar-refractivity contribution in [1.29, 1.82) is 0 Å². The number of amides is 1. The lowest BCUT2D eigenvalue weighted by molar-refractivity contribution is -0.117. The van der Waals surface area contributed by atoms with Gasteiger partial charge in [0.05, 0.1) is 0 Å². The van der Waals surface area contributed by atoms with Crippen molar-refractivity contribution >= 4 is 23.1 Å². The van der Waals surface area contributed by atoms with Gasteiger partial charge in [0.25, 0.3) is 0 Å². The molecular formula is C19H22N6O2. The van der Waals surface area contributed by atoms with E-state index in [9.17, 15) is 9.59 Å². The normalized spacial score (nSPS) is 17.2. The van der Waals surface area contributed by atoms with Crippen molar-refractivity contribution in [2.45, 2.75) is 26.3 Å². The number of hydrogen-bond acceptors (Lipinski definition) is 5. The quantitative estimate of drug-likeness (QED) is 0.761. The Balaban J connectivity index is 1.61. The van der Waals surface area contributed by atoms with E-state index in [-0.39, 0.29) is 18.1 Å². The zero-order chi connectivity index (χ0) is 18.8. The third-order valence-electron chi connectivity index (χ3n) is 4.79. The van der Waals surface area contributed by atoms with E-state index in [2.05, 4.69) is 27.2 Å². The summed E-state index contributed by atoms with van der Waals surface area (Å²) in [5.74, 6) is 0.974. The summed E-state index contributed by atoms with van der Waals surface area (Å²) in [5.41, 5.74) is 0.829. The highest BCUT2D eigenvalue weighted by Gasteiger charge is 2.22. The van der Waals surface area contributed by atoms with Crippen LogP contribution < -0.4 is 15.9 Å². The molecule has 8 heteroatoms. The number of fused-ring (bicyclic) bond motifs is 1. The third kappa shape index (κ3) is 3.55. The Morgan fingerprint density at radius 2 is 2.11 bits per heavy atom. The molecule has 1 atom stereocenters. The summed E-state index contributed by atoms with van der Waals surface area (Å²) >= 11 is 0.